The van der Waals surface area contributed by atoms with Gasteiger partial charge in [0.05, 0.1) is 6.26 Å². The van der Waals surface area contributed by atoms with Crippen LogP contribution in [0, 0.1) is 0 Å². The van der Waals surface area contributed by atoms with E-state index in [0.29, 0.717) is 6.26 Å². The molecular weight excluding hydrogens is 310 g/mol. The maximum Gasteiger partial charge on any atom is 0.261 e. The molecule has 0 spiro atoms. The lowest BCUT2D eigenvalue weighted by Crippen LogP contribution is -2.30. The maximum absolute atomic E-state index is 9.19. The second-order valence-corrected chi connectivity index (χ2v) is 8.29. The van der Waals surface area contributed by atoms with Crippen molar-refractivity contribution in [3.05, 3.63) is 0 Å². The molecule has 5 heteroatoms. The van der Waals surface area contributed by atoms with Crippen LogP contribution in [0.15, 0.2) is 0 Å². The van der Waals surface area contributed by atoms with Crippen LogP contribution in [0.2, 0.25) is 0 Å². The average molecular weight is 350 g/mol. The zero-order valence-corrected chi connectivity index (χ0v) is 16.4. The Bertz CT molecular complexity index is 349. The minimum atomic E-state index is -3.67. The number of rotatable bonds is 11. The highest BCUT2D eigenvalue weighted by Gasteiger charge is 2.22. The van der Waals surface area contributed by atoms with Gasteiger partial charge in [0.15, 0.2) is 0 Å². The molecule has 1 heterocycles. The molecule has 0 aliphatic carbocycles. The number of hydrogen-bond acceptors (Lipinski definition) is 3. The highest BCUT2D eigenvalue weighted by molar-refractivity contribution is 7.85. The molecule has 0 aromatic rings. The molecule has 1 fully saturated rings. The standard InChI is InChI=1S/C17H35N.CH4O3S/c1-3-5-6-7-8-9-10-11-15-18-16-12-14-17(18)13-4-2;1-5(2,3)4/h17H,3-16H2,1-2H3;1H3,(H,2,3,4). The third-order valence-electron chi connectivity index (χ3n) is 4.42. The van der Waals surface area contributed by atoms with Crippen LogP contribution < -0.4 is 0 Å². The molecule has 1 aliphatic heterocycles. The molecule has 140 valence electrons. The molecule has 1 aliphatic rings. The van der Waals surface area contributed by atoms with Crippen molar-refractivity contribution in [1.82, 2.24) is 4.90 Å². The van der Waals surface area contributed by atoms with Gasteiger partial charge in [-0.1, -0.05) is 65.2 Å². The van der Waals surface area contributed by atoms with Gasteiger partial charge >= 0.3 is 0 Å². The van der Waals surface area contributed by atoms with Crippen molar-refractivity contribution >= 4 is 10.1 Å². The second kappa shape index (κ2) is 14.2. The van der Waals surface area contributed by atoms with E-state index in [-0.39, 0.29) is 0 Å². The molecule has 1 rings (SSSR count). The monoisotopic (exact) mass is 349 g/mol. The molecular formula is C18H39NO3S. The Labute approximate surface area is 144 Å². The van der Waals surface area contributed by atoms with Gasteiger partial charge in [-0.05, 0) is 38.8 Å². The van der Waals surface area contributed by atoms with Crippen molar-refractivity contribution in [2.24, 2.45) is 0 Å². The lowest BCUT2D eigenvalue weighted by molar-refractivity contribution is 0.236. The highest BCUT2D eigenvalue weighted by atomic mass is 32.2. The van der Waals surface area contributed by atoms with E-state index >= 15 is 0 Å². The van der Waals surface area contributed by atoms with Crippen molar-refractivity contribution in [3.63, 3.8) is 0 Å². The van der Waals surface area contributed by atoms with Crippen LogP contribution in [0.5, 0.6) is 0 Å². The Morgan fingerprint density at radius 2 is 1.48 bits per heavy atom. The fraction of sp³-hybridized carbons (Fsp3) is 1.00. The lowest BCUT2D eigenvalue weighted by atomic mass is 10.1. The summed E-state index contributed by atoms with van der Waals surface area (Å²) in [5, 5.41) is 0. The summed E-state index contributed by atoms with van der Waals surface area (Å²) in [5.41, 5.74) is 0. The Kier molecular flexibility index (Phi) is 14.2. The van der Waals surface area contributed by atoms with Crippen molar-refractivity contribution in [1.29, 1.82) is 0 Å². The number of likely N-dealkylation sites (tertiary alicyclic amines) is 1. The van der Waals surface area contributed by atoms with Gasteiger partial charge in [0.25, 0.3) is 10.1 Å². The molecule has 1 unspecified atom stereocenters. The Balaban J connectivity index is 0.000000841. The quantitative estimate of drug-likeness (QED) is 0.426. The number of unbranched alkanes of at least 4 members (excludes halogenated alkanes) is 7. The van der Waals surface area contributed by atoms with Gasteiger partial charge in [0.1, 0.15) is 0 Å². The molecule has 0 radical (unpaired) electrons. The molecule has 1 saturated heterocycles. The first-order valence-corrected chi connectivity index (χ1v) is 11.4. The Morgan fingerprint density at radius 1 is 0.957 bits per heavy atom. The van der Waals surface area contributed by atoms with E-state index in [1.54, 1.807) is 0 Å². The average Bonchev–Trinajstić information content (AvgIpc) is 2.88. The van der Waals surface area contributed by atoms with Crippen LogP contribution in [0.25, 0.3) is 0 Å². The van der Waals surface area contributed by atoms with E-state index in [4.69, 9.17) is 4.55 Å². The van der Waals surface area contributed by atoms with E-state index in [1.165, 1.54) is 90.1 Å². The molecule has 0 amide bonds. The fourth-order valence-corrected chi connectivity index (χ4v) is 3.30. The minimum absolute atomic E-state index is 0.715. The van der Waals surface area contributed by atoms with Gasteiger partial charge in [-0.3, -0.25) is 4.55 Å². The highest BCUT2D eigenvalue weighted by Crippen LogP contribution is 2.21. The fourth-order valence-electron chi connectivity index (χ4n) is 3.30. The van der Waals surface area contributed by atoms with Crippen LogP contribution in [0.4, 0.5) is 0 Å². The number of nitrogens with zero attached hydrogens (tertiary/aromatic N) is 1. The summed E-state index contributed by atoms with van der Waals surface area (Å²) in [6.45, 7) is 7.37. The maximum atomic E-state index is 9.19. The zero-order valence-electron chi connectivity index (χ0n) is 15.6. The third kappa shape index (κ3) is 16.5. The normalized spacial score (nSPS) is 18.7. The van der Waals surface area contributed by atoms with Crippen LogP contribution >= 0.6 is 0 Å². The minimum Gasteiger partial charge on any atom is -0.300 e. The van der Waals surface area contributed by atoms with Gasteiger partial charge in [0.2, 0.25) is 0 Å². The van der Waals surface area contributed by atoms with E-state index < -0.39 is 10.1 Å². The second-order valence-electron chi connectivity index (χ2n) is 6.83. The van der Waals surface area contributed by atoms with Crippen molar-refractivity contribution < 1.29 is 13.0 Å². The third-order valence-corrected chi connectivity index (χ3v) is 4.42. The van der Waals surface area contributed by atoms with Gasteiger partial charge in [-0.2, -0.15) is 8.42 Å². The summed E-state index contributed by atoms with van der Waals surface area (Å²) in [6, 6.07) is 0.930. The van der Waals surface area contributed by atoms with Crippen molar-refractivity contribution in [2.75, 3.05) is 19.3 Å². The van der Waals surface area contributed by atoms with Crippen LogP contribution in [0.1, 0.15) is 90.9 Å². The largest absolute Gasteiger partial charge is 0.300 e. The van der Waals surface area contributed by atoms with Gasteiger partial charge in [-0.25, -0.2) is 0 Å². The molecule has 0 aromatic carbocycles. The van der Waals surface area contributed by atoms with Crippen molar-refractivity contribution in [2.45, 2.75) is 96.9 Å². The molecule has 1 atom stereocenters. The first kappa shape index (κ1) is 22.9. The molecule has 4 nitrogen and oxygen atoms in total. The van der Waals surface area contributed by atoms with E-state index in [9.17, 15) is 8.42 Å². The van der Waals surface area contributed by atoms with Gasteiger partial charge in [0, 0.05) is 6.04 Å². The lowest BCUT2D eigenvalue weighted by Gasteiger charge is -2.23. The van der Waals surface area contributed by atoms with Crippen LogP contribution in [0.3, 0.4) is 0 Å². The molecule has 0 aromatic heterocycles. The van der Waals surface area contributed by atoms with Crippen LogP contribution in [-0.4, -0.2) is 43.3 Å². The Hall–Kier alpha value is -0.130. The van der Waals surface area contributed by atoms with Gasteiger partial charge < -0.3 is 4.90 Å². The molecule has 0 bridgehead atoms. The summed E-state index contributed by atoms with van der Waals surface area (Å²) in [7, 11) is -3.67. The van der Waals surface area contributed by atoms with Crippen molar-refractivity contribution in [3.8, 4) is 0 Å². The van der Waals surface area contributed by atoms with Gasteiger partial charge in [-0.15, -0.1) is 0 Å². The first-order valence-electron chi connectivity index (χ1n) is 9.55. The summed E-state index contributed by atoms with van der Waals surface area (Å²) >= 11 is 0. The SMILES string of the molecule is CCCCCCCCCCN1CCCC1CCC.CS(=O)(=O)O. The summed E-state index contributed by atoms with van der Waals surface area (Å²) in [5.74, 6) is 0. The summed E-state index contributed by atoms with van der Waals surface area (Å²) < 4.78 is 25.9. The predicted molar refractivity (Wildman–Crippen MR) is 99.6 cm³/mol. The predicted octanol–water partition coefficient (Wildman–Crippen LogP) is 4.90. The zero-order chi connectivity index (χ0) is 17.6. The van der Waals surface area contributed by atoms with E-state index in [2.05, 4.69) is 18.7 Å². The van der Waals surface area contributed by atoms with Crippen LogP contribution in [-0.2, 0) is 10.1 Å². The first-order chi connectivity index (χ1) is 10.9. The summed E-state index contributed by atoms with van der Waals surface area (Å²) in [4.78, 5) is 2.76. The number of hydrogen-bond donors (Lipinski definition) is 1. The molecule has 0 saturated carbocycles. The Morgan fingerprint density at radius 3 is 2.00 bits per heavy atom. The molecule has 23 heavy (non-hydrogen) atoms. The van der Waals surface area contributed by atoms with E-state index in [1.807, 2.05) is 0 Å². The van der Waals surface area contributed by atoms with E-state index in [0.717, 1.165) is 6.04 Å². The molecule has 1 N–H and O–H groups in total. The topological polar surface area (TPSA) is 57.6 Å². The summed E-state index contributed by atoms with van der Waals surface area (Å²) in [6.07, 6.45) is 18.0. The smallest absolute Gasteiger partial charge is 0.261 e.